The highest BCUT2D eigenvalue weighted by atomic mass is 16.5. The second-order valence-electron chi connectivity index (χ2n) is 7.52. The van der Waals surface area contributed by atoms with Gasteiger partial charge in [-0.3, -0.25) is 4.79 Å². The minimum atomic E-state index is -0.540. The molecule has 5 rings (SSSR count). The van der Waals surface area contributed by atoms with Crippen molar-refractivity contribution in [3.8, 4) is 11.3 Å². The summed E-state index contributed by atoms with van der Waals surface area (Å²) in [6.45, 7) is 0. The Morgan fingerprint density at radius 1 is 1.07 bits per heavy atom. The molecule has 2 aromatic carbocycles. The summed E-state index contributed by atoms with van der Waals surface area (Å²) >= 11 is 0. The highest BCUT2D eigenvalue weighted by Gasteiger charge is 2.34. The Morgan fingerprint density at radius 3 is 2.57 bits per heavy atom. The van der Waals surface area contributed by atoms with Gasteiger partial charge in [-0.25, -0.2) is 4.79 Å². The molecular weight excluding hydrogens is 354 g/mol. The Bertz CT molecular complexity index is 1110. The number of methoxy groups -OCH3 is 1. The molecule has 1 aromatic heterocycles. The molecule has 1 N–H and O–H groups in total. The van der Waals surface area contributed by atoms with Gasteiger partial charge in [-0.1, -0.05) is 43.5 Å². The van der Waals surface area contributed by atoms with E-state index in [1.165, 1.54) is 26.4 Å². The Morgan fingerprint density at radius 2 is 1.82 bits per heavy atom. The van der Waals surface area contributed by atoms with E-state index in [9.17, 15) is 9.59 Å². The monoisotopic (exact) mass is 375 g/mol. The predicted molar refractivity (Wildman–Crippen MR) is 107 cm³/mol. The molecule has 0 radical (unpaired) electrons. The normalized spacial score (nSPS) is 16.1. The molecule has 0 spiro atoms. The van der Waals surface area contributed by atoms with Crippen molar-refractivity contribution in [3.63, 3.8) is 0 Å². The van der Waals surface area contributed by atoms with Crippen molar-refractivity contribution < 1.29 is 18.7 Å². The summed E-state index contributed by atoms with van der Waals surface area (Å²) in [6, 6.07) is 11.5. The quantitative estimate of drug-likeness (QED) is 0.500. The molecule has 5 nitrogen and oxygen atoms in total. The number of hydrogen-bond acceptors (Lipinski definition) is 5. The lowest BCUT2D eigenvalue weighted by atomic mass is 9.85. The molecule has 1 heterocycles. The first-order valence-corrected chi connectivity index (χ1v) is 9.77. The fourth-order valence-electron chi connectivity index (χ4n) is 4.51. The molecule has 1 fully saturated rings. The summed E-state index contributed by atoms with van der Waals surface area (Å²) in [7, 11) is 1.33. The van der Waals surface area contributed by atoms with E-state index < -0.39 is 5.97 Å². The van der Waals surface area contributed by atoms with Crippen LogP contribution >= 0.6 is 0 Å². The maximum atomic E-state index is 13.4. The van der Waals surface area contributed by atoms with Crippen molar-refractivity contribution in [2.24, 2.45) is 0 Å². The third-order valence-electron chi connectivity index (χ3n) is 5.86. The van der Waals surface area contributed by atoms with Gasteiger partial charge in [0.15, 0.2) is 5.78 Å². The standard InChI is InChI=1S/C23H21NO4/c1-27-23(26)22-16-11-12-17(24-13-7-3-2-4-8-13)19-18(16)21(28-22)15-10-6-5-9-14(15)20(19)25/h5-6,9-13,24H,2-4,7-8H2,1H3. The van der Waals surface area contributed by atoms with Gasteiger partial charge in [-0.05, 0) is 25.0 Å². The van der Waals surface area contributed by atoms with Crippen molar-refractivity contribution in [3.05, 3.63) is 53.3 Å². The molecule has 3 aromatic rings. The summed E-state index contributed by atoms with van der Waals surface area (Å²) in [5, 5.41) is 4.91. The average Bonchev–Trinajstić information content (AvgIpc) is 3.13. The number of rotatable bonds is 3. The molecule has 0 aliphatic heterocycles. The molecule has 142 valence electrons. The second-order valence-corrected chi connectivity index (χ2v) is 7.52. The van der Waals surface area contributed by atoms with Crippen LogP contribution in [-0.4, -0.2) is 24.9 Å². The van der Waals surface area contributed by atoms with E-state index in [4.69, 9.17) is 9.15 Å². The number of benzene rings is 2. The van der Waals surface area contributed by atoms with E-state index in [-0.39, 0.29) is 11.5 Å². The van der Waals surface area contributed by atoms with E-state index >= 15 is 0 Å². The smallest absolute Gasteiger partial charge is 0.374 e. The van der Waals surface area contributed by atoms with Gasteiger partial charge in [0.1, 0.15) is 5.76 Å². The van der Waals surface area contributed by atoms with Gasteiger partial charge in [0.25, 0.3) is 0 Å². The fourth-order valence-corrected chi connectivity index (χ4v) is 4.51. The number of carbonyl (C=O) groups is 2. The first-order chi connectivity index (χ1) is 13.7. The second kappa shape index (κ2) is 6.51. The lowest BCUT2D eigenvalue weighted by molar-refractivity contribution is 0.0569. The topological polar surface area (TPSA) is 68.5 Å². The van der Waals surface area contributed by atoms with Gasteiger partial charge >= 0.3 is 5.97 Å². The van der Waals surface area contributed by atoms with Crippen LogP contribution < -0.4 is 5.32 Å². The average molecular weight is 375 g/mol. The molecule has 0 amide bonds. The number of anilines is 1. The maximum Gasteiger partial charge on any atom is 0.374 e. The van der Waals surface area contributed by atoms with Crippen molar-refractivity contribution in [2.45, 2.75) is 38.1 Å². The highest BCUT2D eigenvalue weighted by Crippen LogP contribution is 2.45. The Balaban J connectivity index is 1.75. The third kappa shape index (κ3) is 2.46. The summed E-state index contributed by atoms with van der Waals surface area (Å²) < 4.78 is 10.9. The van der Waals surface area contributed by atoms with E-state index in [1.54, 1.807) is 0 Å². The molecule has 0 bridgehead atoms. The summed E-state index contributed by atoms with van der Waals surface area (Å²) in [6.07, 6.45) is 5.89. The number of furan rings is 1. The van der Waals surface area contributed by atoms with Crippen LogP contribution in [-0.2, 0) is 4.74 Å². The number of ether oxygens (including phenoxy) is 1. The zero-order chi connectivity index (χ0) is 19.3. The number of ketones is 1. The van der Waals surface area contributed by atoms with Gasteiger partial charge in [-0.2, -0.15) is 0 Å². The molecule has 0 saturated heterocycles. The minimum absolute atomic E-state index is 0.0378. The van der Waals surface area contributed by atoms with Gasteiger partial charge in [0.2, 0.25) is 5.76 Å². The summed E-state index contributed by atoms with van der Waals surface area (Å²) in [5.41, 5.74) is 2.72. The first-order valence-electron chi connectivity index (χ1n) is 9.77. The van der Waals surface area contributed by atoms with Crippen molar-refractivity contribution >= 4 is 28.2 Å². The van der Waals surface area contributed by atoms with Gasteiger partial charge in [0, 0.05) is 33.6 Å². The zero-order valence-corrected chi connectivity index (χ0v) is 15.7. The zero-order valence-electron chi connectivity index (χ0n) is 15.7. The lowest BCUT2D eigenvalue weighted by Gasteiger charge is -2.26. The Hall–Kier alpha value is -3.08. The number of esters is 1. The first kappa shape index (κ1) is 17.0. The van der Waals surface area contributed by atoms with Gasteiger partial charge in [-0.15, -0.1) is 0 Å². The number of carbonyl (C=O) groups excluding carboxylic acids is 2. The molecular formula is C23H21NO4. The third-order valence-corrected chi connectivity index (χ3v) is 5.86. The van der Waals surface area contributed by atoms with Crippen molar-refractivity contribution in [1.29, 1.82) is 0 Å². The van der Waals surface area contributed by atoms with Crippen LogP contribution in [0.5, 0.6) is 0 Å². The summed E-state index contributed by atoms with van der Waals surface area (Å²) in [5.74, 6) is 0.126. The molecule has 0 unspecified atom stereocenters. The van der Waals surface area contributed by atoms with E-state index in [0.717, 1.165) is 24.1 Å². The highest BCUT2D eigenvalue weighted by molar-refractivity contribution is 6.29. The fraction of sp³-hybridized carbons (Fsp3) is 0.304. The van der Waals surface area contributed by atoms with Crippen molar-refractivity contribution in [1.82, 2.24) is 0 Å². The minimum Gasteiger partial charge on any atom is -0.463 e. The largest absolute Gasteiger partial charge is 0.463 e. The van der Waals surface area contributed by atoms with Crippen LogP contribution in [0.2, 0.25) is 0 Å². The number of nitrogens with one attached hydrogen (secondary N) is 1. The number of fused-ring (bicyclic) bond motifs is 2. The molecule has 28 heavy (non-hydrogen) atoms. The SMILES string of the molecule is COC(=O)c1oc2c3c(c(NC4CCCCC4)ccc13)C(=O)c1ccccc1-2. The molecule has 5 heteroatoms. The van der Waals surface area contributed by atoms with E-state index in [1.807, 2.05) is 36.4 Å². The Kier molecular flexibility index (Phi) is 3.97. The summed E-state index contributed by atoms with van der Waals surface area (Å²) in [4.78, 5) is 25.7. The number of hydrogen-bond donors (Lipinski definition) is 1. The van der Waals surface area contributed by atoms with Gasteiger partial charge in [0.05, 0.1) is 12.7 Å². The molecule has 1 saturated carbocycles. The Labute approximate surface area is 162 Å². The van der Waals surface area contributed by atoms with Crippen LogP contribution in [0.25, 0.3) is 22.1 Å². The van der Waals surface area contributed by atoms with Crippen molar-refractivity contribution in [2.75, 3.05) is 12.4 Å². The van der Waals surface area contributed by atoms with Crippen LogP contribution in [0.1, 0.15) is 58.6 Å². The molecule has 2 aliphatic carbocycles. The molecule has 2 aliphatic rings. The van der Waals surface area contributed by atoms with E-state index in [0.29, 0.717) is 33.7 Å². The van der Waals surface area contributed by atoms with Crippen LogP contribution in [0, 0.1) is 0 Å². The van der Waals surface area contributed by atoms with Crippen LogP contribution in [0.15, 0.2) is 40.8 Å². The van der Waals surface area contributed by atoms with Crippen LogP contribution in [0.3, 0.4) is 0 Å². The maximum absolute atomic E-state index is 13.4. The van der Waals surface area contributed by atoms with Gasteiger partial charge < -0.3 is 14.5 Å². The predicted octanol–water partition coefficient (Wildman–Crippen LogP) is 5.18. The molecule has 0 atom stereocenters. The van der Waals surface area contributed by atoms with E-state index in [2.05, 4.69) is 5.32 Å². The lowest BCUT2D eigenvalue weighted by Crippen LogP contribution is -2.24. The van der Waals surface area contributed by atoms with Crippen LogP contribution in [0.4, 0.5) is 5.69 Å².